The number of aryl methyl sites for hydroxylation is 2. The lowest BCUT2D eigenvalue weighted by Crippen LogP contribution is -2.38. The smallest absolute Gasteiger partial charge is 0.419 e. The fourth-order valence-corrected chi connectivity index (χ4v) is 4.16. The van der Waals surface area contributed by atoms with Crippen molar-refractivity contribution in [3.63, 3.8) is 0 Å². The maximum absolute atomic E-state index is 13.4. The van der Waals surface area contributed by atoms with Crippen molar-refractivity contribution < 1.29 is 32.6 Å². The van der Waals surface area contributed by atoms with Gasteiger partial charge < -0.3 is 20.5 Å². The Morgan fingerprint density at radius 3 is 2.16 bits per heavy atom. The Kier molecular flexibility index (Phi) is 8.15. The highest BCUT2D eigenvalue weighted by molar-refractivity contribution is 5.99. The highest BCUT2D eigenvalue weighted by atomic mass is 19.4. The molecule has 37 heavy (non-hydrogen) atoms. The first-order valence-corrected chi connectivity index (χ1v) is 11.6. The van der Waals surface area contributed by atoms with E-state index in [0.717, 1.165) is 17.2 Å². The summed E-state index contributed by atoms with van der Waals surface area (Å²) in [7, 11) is 1.20. The van der Waals surface area contributed by atoms with Gasteiger partial charge in [-0.3, -0.25) is 9.59 Å². The largest absolute Gasteiger partial charge is 0.496 e. The number of amides is 1. The van der Waals surface area contributed by atoms with Gasteiger partial charge in [-0.25, -0.2) is 0 Å². The second-order valence-corrected chi connectivity index (χ2v) is 8.92. The molecule has 0 aliphatic heterocycles. The number of carboxylic acid groups (broad SMARTS) is 1. The standard InChI is InChI=1S/C28H29F3N2O4/c1-15-11-21(12-16(2)25(15)26(34)33-18(4)27(35)36)20-7-6-8-22(13-20)32-17(3)19-9-10-24(37-5)23(14-19)28(29,30)31/h6-14,17-18,32H,1-5H3,(H,33,34)(H,35,36)/t17?,18-/m0/s1. The number of rotatable bonds is 8. The van der Waals surface area contributed by atoms with Gasteiger partial charge in [-0.1, -0.05) is 30.3 Å². The Morgan fingerprint density at radius 1 is 0.946 bits per heavy atom. The van der Waals surface area contributed by atoms with Crippen molar-refractivity contribution in [2.24, 2.45) is 0 Å². The van der Waals surface area contributed by atoms with Gasteiger partial charge in [-0.05, 0) is 79.8 Å². The number of methoxy groups -OCH3 is 1. The first kappa shape index (κ1) is 27.6. The van der Waals surface area contributed by atoms with Crippen LogP contribution in [-0.4, -0.2) is 30.1 Å². The number of ether oxygens (including phenoxy) is 1. The molecule has 0 aliphatic carbocycles. The van der Waals surface area contributed by atoms with E-state index in [1.165, 1.54) is 20.1 Å². The minimum atomic E-state index is -4.54. The highest BCUT2D eigenvalue weighted by Crippen LogP contribution is 2.38. The molecule has 0 saturated carbocycles. The normalized spacial score (nSPS) is 13.0. The second kappa shape index (κ2) is 10.9. The molecule has 0 radical (unpaired) electrons. The lowest BCUT2D eigenvalue weighted by atomic mass is 9.94. The summed E-state index contributed by atoms with van der Waals surface area (Å²) in [4.78, 5) is 23.7. The van der Waals surface area contributed by atoms with Gasteiger partial charge in [0.2, 0.25) is 0 Å². The number of anilines is 1. The van der Waals surface area contributed by atoms with Crippen LogP contribution in [-0.2, 0) is 11.0 Å². The van der Waals surface area contributed by atoms with Crippen LogP contribution in [0.5, 0.6) is 5.75 Å². The van der Waals surface area contributed by atoms with Crippen LogP contribution in [0.25, 0.3) is 11.1 Å². The van der Waals surface area contributed by atoms with Crippen LogP contribution in [0.4, 0.5) is 18.9 Å². The van der Waals surface area contributed by atoms with Crippen molar-refractivity contribution in [3.8, 4) is 16.9 Å². The molecule has 1 amide bonds. The minimum Gasteiger partial charge on any atom is -0.496 e. The molecule has 0 fully saturated rings. The van der Waals surface area contributed by atoms with E-state index < -0.39 is 35.7 Å². The fourth-order valence-electron chi connectivity index (χ4n) is 4.16. The fraction of sp³-hybridized carbons (Fsp3) is 0.286. The maximum atomic E-state index is 13.4. The van der Waals surface area contributed by atoms with Gasteiger partial charge >= 0.3 is 12.1 Å². The summed E-state index contributed by atoms with van der Waals surface area (Å²) in [6.07, 6.45) is -4.54. The maximum Gasteiger partial charge on any atom is 0.419 e. The van der Waals surface area contributed by atoms with Crippen LogP contribution in [0, 0.1) is 13.8 Å². The molecule has 3 aromatic carbocycles. The average molecular weight is 515 g/mol. The summed E-state index contributed by atoms with van der Waals surface area (Å²) >= 11 is 0. The van der Waals surface area contributed by atoms with E-state index in [2.05, 4.69) is 10.6 Å². The van der Waals surface area contributed by atoms with Crippen molar-refractivity contribution in [2.75, 3.05) is 12.4 Å². The zero-order chi connectivity index (χ0) is 27.5. The number of carbonyl (C=O) groups is 2. The number of halogens is 3. The number of carboxylic acids is 1. The molecule has 0 aliphatic rings. The van der Waals surface area contributed by atoms with Gasteiger partial charge in [0, 0.05) is 17.3 Å². The molecule has 196 valence electrons. The molecule has 3 rings (SSSR count). The quantitative estimate of drug-likeness (QED) is 0.325. The number of hydrogen-bond donors (Lipinski definition) is 3. The molecule has 3 aromatic rings. The van der Waals surface area contributed by atoms with E-state index in [4.69, 9.17) is 9.84 Å². The number of aliphatic carboxylic acids is 1. The van der Waals surface area contributed by atoms with Crippen molar-refractivity contribution in [3.05, 3.63) is 82.4 Å². The Bertz CT molecular complexity index is 1300. The Morgan fingerprint density at radius 2 is 1.59 bits per heavy atom. The molecule has 3 N–H and O–H groups in total. The zero-order valence-corrected chi connectivity index (χ0v) is 21.2. The number of benzene rings is 3. The van der Waals surface area contributed by atoms with E-state index in [1.807, 2.05) is 36.4 Å². The second-order valence-electron chi connectivity index (χ2n) is 8.92. The van der Waals surface area contributed by atoms with E-state index in [0.29, 0.717) is 27.9 Å². The summed E-state index contributed by atoms with van der Waals surface area (Å²) in [5.41, 5.74) is 3.82. The molecule has 9 heteroatoms. The molecule has 0 heterocycles. The summed E-state index contributed by atoms with van der Waals surface area (Å²) in [6, 6.07) is 13.7. The van der Waals surface area contributed by atoms with Crippen molar-refractivity contribution in [2.45, 2.75) is 46.0 Å². The van der Waals surface area contributed by atoms with Crippen LogP contribution in [0.1, 0.15) is 52.5 Å². The third kappa shape index (κ3) is 6.41. The average Bonchev–Trinajstić information content (AvgIpc) is 2.82. The number of nitrogens with one attached hydrogen (secondary N) is 2. The predicted octanol–water partition coefficient (Wildman–Crippen LogP) is 6.37. The first-order chi connectivity index (χ1) is 17.3. The molecule has 0 bridgehead atoms. The zero-order valence-electron chi connectivity index (χ0n) is 21.2. The third-order valence-corrected chi connectivity index (χ3v) is 6.09. The molecular formula is C28H29F3N2O4. The molecule has 0 spiro atoms. The van der Waals surface area contributed by atoms with Gasteiger partial charge in [0.1, 0.15) is 11.8 Å². The van der Waals surface area contributed by atoms with Crippen LogP contribution in [0.3, 0.4) is 0 Å². The predicted molar refractivity (Wildman–Crippen MR) is 136 cm³/mol. The number of carbonyl (C=O) groups excluding carboxylic acids is 1. The monoisotopic (exact) mass is 514 g/mol. The van der Waals surface area contributed by atoms with E-state index in [1.54, 1.807) is 26.8 Å². The molecule has 1 unspecified atom stereocenters. The van der Waals surface area contributed by atoms with E-state index in [-0.39, 0.29) is 5.75 Å². The summed E-state index contributed by atoms with van der Waals surface area (Å²) in [6.45, 7) is 6.73. The van der Waals surface area contributed by atoms with Gasteiger partial charge in [0.15, 0.2) is 0 Å². The highest BCUT2D eigenvalue weighted by Gasteiger charge is 2.34. The Labute approximate surface area is 213 Å². The molecule has 2 atom stereocenters. The van der Waals surface area contributed by atoms with Crippen LogP contribution in [0.2, 0.25) is 0 Å². The molecule has 0 saturated heterocycles. The minimum absolute atomic E-state index is 0.231. The van der Waals surface area contributed by atoms with Gasteiger partial charge in [-0.2, -0.15) is 13.2 Å². The van der Waals surface area contributed by atoms with Crippen molar-refractivity contribution >= 4 is 17.6 Å². The SMILES string of the molecule is COc1ccc(C(C)Nc2cccc(-c3cc(C)c(C(=O)N[C@@H](C)C(=O)O)c(C)c3)c2)cc1C(F)(F)F. The van der Waals surface area contributed by atoms with E-state index in [9.17, 15) is 22.8 Å². The summed E-state index contributed by atoms with van der Waals surface area (Å²) in [5, 5.41) is 14.8. The lowest BCUT2D eigenvalue weighted by molar-refractivity contribution is -0.139. The van der Waals surface area contributed by atoms with Crippen LogP contribution in [0.15, 0.2) is 54.6 Å². The summed E-state index contributed by atoms with van der Waals surface area (Å²) < 4.78 is 45.2. The molecule has 6 nitrogen and oxygen atoms in total. The summed E-state index contributed by atoms with van der Waals surface area (Å²) in [5.74, 6) is -1.81. The topological polar surface area (TPSA) is 87.7 Å². The van der Waals surface area contributed by atoms with Crippen LogP contribution < -0.4 is 15.4 Å². The van der Waals surface area contributed by atoms with Crippen molar-refractivity contribution in [1.29, 1.82) is 0 Å². The molecular weight excluding hydrogens is 485 g/mol. The molecule has 0 aromatic heterocycles. The third-order valence-electron chi connectivity index (χ3n) is 6.09. The van der Waals surface area contributed by atoms with Gasteiger partial charge in [-0.15, -0.1) is 0 Å². The first-order valence-electron chi connectivity index (χ1n) is 11.6. The lowest BCUT2D eigenvalue weighted by Gasteiger charge is -2.20. The van der Waals surface area contributed by atoms with Gasteiger partial charge in [0.05, 0.1) is 12.7 Å². The Hall–Kier alpha value is -4.01. The Balaban J connectivity index is 1.86. The van der Waals surface area contributed by atoms with Crippen LogP contribution >= 0.6 is 0 Å². The van der Waals surface area contributed by atoms with Gasteiger partial charge in [0.25, 0.3) is 5.91 Å². The number of alkyl halides is 3. The number of hydrogen-bond acceptors (Lipinski definition) is 4. The van der Waals surface area contributed by atoms with Crippen molar-refractivity contribution in [1.82, 2.24) is 5.32 Å². The van der Waals surface area contributed by atoms with E-state index >= 15 is 0 Å².